The summed E-state index contributed by atoms with van der Waals surface area (Å²) in [5, 5.41) is 6.85. The summed E-state index contributed by atoms with van der Waals surface area (Å²) in [4.78, 5) is 38.7. The number of rotatable bonds is 11. The van der Waals surface area contributed by atoms with Crippen LogP contribution >= 0.6 is 0 Å². The smallest absolute Gasteiger partial charge is 0.337 e. The van der Waals surface area contributed by atoms with Crippen LogP contribution in [0.25, 0.3) is 11.0 Å². The second-order valence-electron chi connectivity index (χ2n) is 8.44. The molecule has 0 unspecified atom stereocenters. The van der Waals surface area contributed by atoms with E-state index in [-0.39, 0.29) is 12.1 Å². The Labute approximate surface area is 214 Å². The molecule has 2 heterocycles. The van der Waals surface area contributed by atoms with Gasteiger partial charge in [0, 0.05) is 13.1 Å². The van der Waals surface area contributed by atoms with E-state index in [0.717, 1.165) is 29.7 Å². The monoisotopic (exact) mass is 502 g/mol. The molecule has 0 aliphatic rings. The number of carbonyl (C=O) groups excluding carboxylic acids is 1. The number of carbonyl (C=O) groups is 1. The highest BCUT2D eigenvalue weighted by Crippen LogP contribution is 2.19. The predicted octanol–water partition coefficient (Wildman–Crippen LogP) is 3.85. The number of hydrogen-bond acceptors (Lipinski definition) is 9. The molecule has 192 valence electrons. The van der Waals surface area contributed by atoms with Crippen LogP contribution in [0.2, 0.25) is 0 Å². The first-order valence-corrected chi connectivity index (χ1v) is 12.1. The molecule has 2 aromatic carbocycles. The van der Waals surface area contributed by atoms with Gasteiger partial charge in [0.05, 0.1) is 26.3 Å². The summed E-state index contributed by atoms with van der Waals surface area (Å²) in [6.07, 6.45) is 3.42. The van der Waals surface area contributed by atoms with Crippen molar-refractivity contribution in [2.24, 2.45) is 0 Å². The largest absolute Gasteiger partial charge is 0.497 e. The van der Waals surface area contributed by atoms with E-state index in [0.29, 0.717) is 41.5 Å². The second kappa shape index (κ2) is 12.0. The zero-order valence-electron chi connectivity index (χ0n) is 21.2. The van der Waals surface area contributed by atoms with Gasteiger partial charge in [0.2, 0.25) is 5.95 Å². The molecule has 4 rings (SSSR count). The normalized spacial score (nSPS) is 10.8. The minimum Gasteiger partial charge on any atom is -0.497 e. The Bertz CT molecular complexity index is 1420. The highest BCUT2D eigenvalue weighted by atomic mass is 16.5. The van der Waals surface area contributed by atoms with Gasteiger partial charge in [-0.3, -0.25) is 9.36 Å². The van der Waals surface area contributed by atoms with Crippen LogP contribution in [0, 0.1) is 0 Å². The van der Waals surface area contributed by atoms with E-state index < -0.39 is 5.97 Å². The minimum absolute atomic E-state index is 0.247. The van der Waals surface area contributed by atoms with Gasteiger partial charge in [0.1, 0.15) is 23.3 Å². The highest BCUT2D eigenvalue weighted by molar-refractivity contribution is 5.89. The van der Waals surface area contributed by atoms with Gasteiger partial charge in [-0.1, -0.05) is 37.6 Å². The molecule has 0 aliphatic heterocycles. The molecule has 0 radical (unpaired) electrons. The molecule has 0 aliphatic carbocycles. The van der Waals surface area contributed by atoms with Gasteiger partial charge in [-0.25, -0.2) is 9.78 Å². The summed E-state index contributed by atoms with van der Waals surface area (Å²) in [7, 11) is 2.97. The average Bonchev–Trinajstić information content (AvgIpc) is 2.93. The van der Waals surface area contributed by atoms with Crippen molar-refractivity contribution in [1.29, 1.82) is 0 Å². The lowest BCUT2D eigenvalue weighted by atomic mass is 10.1. The Hall–Kier alpha value is -4.47. The van der Waals surface area contributed by atoms with Gasteiger partial charge in [0.25, 0.3) is 5.56 Å². The lowest BCUT2D eigenvalue weighted by Crippen LogP contribution is -2.24. The zero-order chi connectivity index (χ0) is 26.2. The minimum atomic E-state index is -0.410. The van der Waals surface area contributed by atoms with Crippen LogP contribution in [-0.4, -0.2) is 46.3 Å². The van der Waals surface area contributed by atoms with E-state index in [2.05, 4.69) is 32.5 Å². The SMILES string of the molecule is CCCCNc1nc(NCc2ccc(OC)cc2)nc2ncn(Cc3ccc(C(=O)OC)cc3)c(=O)c12. The summed E-state index contributed by atoms with van der Waals surface area (Å²) in [5.74, 6) is 1.20. The first-order valence-electron chi connectivity index (χ1n) is 12.1. The molecule has 10 heteroatoms. The molecule has 37 heavy (non-hydrogen) atoms. The number of fused-ring (bicyclic) bond motifs is 1. The lowest BCUT2D eigenvalue weighted by molar-refractivity contribution is 0.0600. The number of methoxy groups -OCH3 is 2. The van der Waals surface area contributed by atoms with Gasteiger partial charge >= 0.3 is 5.97 Å². The van der Waals surface area contributed by atoms with Crippen LogP contribution in [0.3, 0.4) is 0 Å². The van der Waals surface area contributed by atoms with Crippen molar-refractivity contribution in [3.8, 4) is 5.75 Å². The second-order valence-corrected chi connectivity index (χ2v) is 8.44. The molecule has 4 aromatic rings. The maximum Gasteiger partial charge on any atom is 0.337 e. The number of hydrogen-bond donors (Lipinski definition) is 2. The van der Waals surface area contributed by atoms with Crippen LogP contribution in [0.4, 0.5) is 11.8 Å². The van der Waals surface area contributed by atoms with E-state index in [1.165, 1.54) is 18.0 Å². The van der Waals surface area contributed by atoms with Crippen LogP contribution in [-0.2, 0) is 17.8 Å². The van der Waals surface area contributed by atoms with Crippen LogP contribution in [0.15, 0.2) is 59.7 Å². The fourth-order valence-corrected chi connectivity index (χ4v) is 3.75. The van der Waals surface area contributed by atoms with E-state index in [9.17, 15) is 9.59 Å². The zero-order valence-corrected chi connectivity index (χ0v) is 21.2. The topological polar surface area (TPSA) is 120 Å². The first kappa shape index (κ1) is 25.6. The van der Waals surface area contributed by atoms with Gasteiger partial charge < -0.3 is 20.1 Å². The van der Waals surface area contributed by atoms with E-state index in [1.807, 2.05) is 24.3 Å². The van der Waals surface area contributed by atoms with E-state index >= 15 is 0 Å². The quantitative estimate of drug-likeness (QED) is 0.233. The average molecular weight is 503 g/mol. The molecule has 0 spiro atoms. The van der Waals surface area contributed by atoms with Crippen molar-refractivity contribution in [1.82, 2.24) is 19.5 Å². The van der Waals surface area contributed by atoms with Crippen molar-refractivity contribution in [2.45, 2.75) is 32.9 Å². The molecule has 0 bridgehead atoms. The number of benzene rings is 2. The predicted molar refractivity (Wildman–Crippen MR) is 142 cm³/mol. The summed E-state index contributed by atoms with van der Waals surface area (Å²) in [6.45, 7) is 3.56. The summed E-state index contributed by atoms with van der Waals surface area (Å²) in [6, 6.07) is 14.6. The molecule has 2 N–H and O–H groups in total. The Morgan fingerprint density at radius 1 is 0.973 bits per heavy atom. The number of anilines is 2. The summed E-state index contributed by atoms with van der Waals surface area (Å²) in [5.41, 5.74) is 2.39. The molecular weight excluding hydrogens is 472 g/mol. The fraction of sp³-hybridized carbons (Fsp3) is 0.296. The number of unbranched alkanes of at least 4 members (excludes halogenated alkanes) is 1. The molecule has 0 atom stereocenters. The Morgan fingerprint density at radius 2 is 1.70 bits per heavy atom. The van der Waals surface area contributed by atoms with Gasteiger partial charge in [-0.15, -0.1) is 0 Å². The van der Waals surface area contributed by atoms with Crippen molar-refractivity contribution < 1.29 is 14.3 Å². The molecule has 10 nitrogen and oxygen atoms in total. The third-order valence-electron chi connectivity index (χ3n) is 5.84. The Balaban J connectivity index is 1.62. The van der Waals surface area contributed by atoms with Gasteiger partial charge in [-0.2, -0.15) is 9.97 Å². The van der Waals surface area contributed by atoms with E-state index in [4.69, 9.17) is 9.47 Å². The summed E-state index contributed by atoms with van der Waals surface area (Å²) >= 11 is 0. The number of aromatic nitrogens is 4. The van der Waals surface area contributed by atoms with Crippen LogP contribution < -0.4 is 20.9 Å². The lowest BCUT2D eigenvalue weighted by Gasteiger charge is -2.13. The van der Waals surface area contributed by atoms with Gasteiger partial charge in [-0.05, 0) is 41.8 Å². The van der Waals surface area contributed by atoms with Gasteiger partial charge in [0.15, 0.2) is 5.65 Å². The molecule has 0 fully saturated rings. The maximum absolute atomic E-state index is 13.5. The number of ether oxygens (including phenoxy) is 2. The number of nitrogens with one attached hydrogen (secondary N) is 2. The third kappa shape index (κ3) is 6.21. The molecular formula is C27H30N6O4. The number of nitrogens with zero attached hydrogens (tertiary/aromatic N) is 4. The van der Waals surface area contributed by atoms with Crippen molar-refractivity contribution >= 4 is 28.8 Å². The molecule has 0 saturated heterocycles. The fourth-order valence-electron chi connectivity index (χ4n) is 3.75. The third-order valence-corrected chi connectivity index (χ3v) is 5.84. The Morgan fingerprint density at radius 3 is 2.38 bits per heavy atom. The van der Waals surface area contributed by atoms with Crippen LogP contribution in [0.1, 0.15) is 41.3 Å². The molecule has 0 amide bonds. The van der Waals surface area contributed by atoms with Crippen molar-refractivity contribution in [2.75, 3.05) is 31.4 Å². The first-order chi connectivity index (χ1) is 18.0. The van der Waals surface area contributed by atoms with Crippen molar-refractivity contribution in [3.63, 3.8) is 0 Å². The molecule has 0 saturated carbocycles. The highest BCUT2D eigenvalue weighted by Gasteiger charge is 2.15. The van der Waals surface area contributed by atoms with E-state index in [1.54, 1.807) is 31.4 Å². The van der Waals surface area contributed by atoms with Crippen molar-refractivity contribution in [3.05, 3.63) is 81.9 Å². The summed E-state index contributed by atoms with van der Waals surface area (Å²) < 4.78 is 11.5. The standard InChI is InChI=1S/C27H30N6O4/c1-4-5-14-28-23-22-24(32-27(31-23)29-15-18-8-12-21(36-2)13-9-18)30-17-33(25(22)34)16-19-6-10-20(11-7-19)26(35)37-3/h6-13,17H,4-5,14-16H2,1-3H3,(H2,28,29,31,32). The van der Waals surface area contributed by atoms with Crippen LogP contribution in [0.5, 0.6) is 5.75 Å². The molecule has 2 aromatic heterocycles. The maximum atomic E-state index is 13.5. The Kier molecular flexibility index (Phi) is 8.29. The number of esters is 1.